The lowest BCUT2D eigenvalue weighted by molar-refractivity contribution is 0.172. The van der Waals surface area contributed by atoms with Crippen molar-refractivity contribution in [2.24, 2.45) is 5.92 Å². The normalized spacial score (nSPS) is 18.5. The molecule has 2 heteroatoms. The lowest BCUT2D eigenvalue weighted by Crippen LogP contribution is -2.26. The summed E-state index contributed by atoms with van der Waals surface area (Å²) in [5, 5.41) is 13.5. The molecule has 0 heterocycles. The molecule has 0 aromatic heterocycles. The summed E-state index contributed by atoms with van der Waals surface area (Å²) in [6.45, 7) is 3.78. The molecule has 1 aliphatic carbocycles. The lowest BCUT2D eigenvalue weighted by Gasteiger charge is -2.15. The first kappa shape index (κ1) is 12.6. The maximum Gasteiger partial charge on any atom is 0.0914 e. The quantitative estimate of drug-likeness (QED) is 0.819. The molecule has 0 spiro atoms. The monoisotopic (exact) mass is 233 g/mol. The number of aliphatic hydroxyl groups is 1. The number of hydrogen-bond acceptors (Lipinski definition) is 2. The van der Waals surface area contributed by atoms with Crippen molar-refractivity contribution in [1.29, 1.82) is 0 Å². The van der Waals surface area contributed by atoms with E-state index >= 15 is 0 Å². The molecule has 0 aliphatic heterocycles. The zero-order chi connectivity index (χ0) is 12.1. The van der Waals surface area contributed by atoms with Gasteiger partial charge in [0.2, 0.25) is 0 Å². The molecule has 17 heavy (non-hydrogen) atoms. The Morgan fingerprint density at radius 3 is 2.82 bits per heavy atom. The van der Waals surface area contributed by atoms with E-state index in [9.17, 15) is 5.11 Å². The molecule has 1 saturated carbocycles. The molecule has 0 bridgehead atoms. The van der Waals surface area contributed by atoms with E-state index in [1.807, 2.05) is 12.1 Å². The maximum absolute atomic E-state index is 10.1. The zero-order valence-electron chi connectivity index (χ0n) is 10.7. The fourth-order valence-electron chi connectivity index (χ4n) is 2.63. The molecule has 0 radical (unpaired) electrons. The van der Waals surface area contributed by atoms with Gasteiger partial charge in [0.15, 0.2) is 0 Å². The van der Waals surface area contributed by atoms with Gasteiger partial charge in [-0.2, -0.15) is 0 Å². The first-order chi connectivity index (χ1) is 8.25. The van der Waals surface area contributed by atoms with Crippen molar-refractivity contribution in [2.75, 3.05) is 13.1 Å². The molecule has 2 rings (SSSR count). The molecule has 1 aromatic carbocycles. The minimum Gasteiger partial charge on any atom is -0.387 e. The second-order valence-corrected chi connectivity index (χ2v) is 5.24. The number of nitrogens with one attached hydrogen (secondary N) is 1. The van der Waals surface area contributed by atoms with Crippen molar-refractivity contribution in [1.82, 2.24) is 5.32 Å². The maximum atomic E-state index is 10.1. The molecule has 1 unspecified atom stereocenters. The highest BCUT2D eigenvalue weighted by molar-refractivity contribution is 5.24. The Morgan fingerprint density at radius 1 is 1.35 bits per heavy atom. The van der Waals surface area contributed by atoms with Gasteiger partial charge in [-0.3, -0.25) is 0 Å². The number of hydrogen-bond donors (Lipinski definition) is 2. The van der Waals surface area contributed by atoms with Crippen LogP contribution in [-0.4, -0.2) is 18.2 Å². The van der Waals surface area contributed by atoms with Gasteiger partial charge in [0, 0.05) is 6.54 Å². The van der Waals surface area contributed by atoms with Crippen LogP contribution >= 0.6 is 0 Å². The van der Waals surface area contributed by atoms with Crippen LogP contribution in [0.15, 0.2) is 24.3 Å². The van der Waals surface area contributed by atoms with Gasteiger partial charge in [-0.05, 0) is 37.8 Å². The van der Waals surface area contributed by atoms with E-state index in [-0.39, 0.29) is 6.10 Å². The van der Waals surface area contributed by atoms with Crippen molar-refractivity contribution < 1.29 is 5.11 Å². The van der Waals surface area contributed by atoms with Crippen LogP contribution in [0.2, 0.25) is 0 Å². The number of aryl methyl sites for hydroxylation is 1. The van der Waals surface area contributed by atoms with Crippen molar-refractivity contribution in [3.8, 4) is 0 Å². The summed E-state index contributed by atoms with van der Waals surface area (Å²) < 4.78 is 0. The van der Waals surface area contributed by atoms with Crippen LogP contribution in [0.4, 0.5) is 0 Å². The smallest absolute Gasteiger partial charge is 0.0914 e. The van der Waals surface area contributed by atoms with E-state index in [0.717, 1.165) is 18.0 Å². The second kappa shape index (κ2) is 6.18. The predicted molar refractivity (Wildman–Crippen MR) is 71.0 cm³/mol. The SMILES string of the molecule is Cc1cccc(C(O)CNCC2CCCC2)c1. The van der Waals surface area contributed by atoms with Crippen LogP contribution in [0.3, 0.4) is 0 Å². The average Bonchev–Trinajstić information content (AvgIpc) is 2.82. The third-order valence-electron chi connectivity index (χ3n) is 3.67. The van der Waals surface area contributed by atoms with Gasteiger partial charge in [0.05, 0.1) is 6.10 Å². The Morgan fingerprint density at radius 2 is 2.12 bits per heavy atom. The van der Waals surface area contributed by atoms with Crippen molar-refractivity contribution >= 4 is 0 Å². The highest BCUT2D eigenvalue weighted by Crippen LogP contribution is 2.23. The molecule has 1 aliphatic rings. The molecular weight excluding hydrogens is 210 g/mol. The summed E-state index contributed by atoms with van der Waals surface area (Å²) in [5.41, 5.74) is 2.22. The summed E-state index contributed by atoms with van der Waals surface area (Å²) in [6.07, 6.45) is 5.09. The van der Waals surface area contributed by atoms with Gasteiger partial charge in [-0.15, -0.1) is 0 Å². The van der Waals surface area contributed by atoms with E-state index < -0.39 is 0 Å². The van der Waals surface area contributed by atoms with Gasteiger partial charge in [-0.25, -0.2) is 0 Å². The highest BCUT2D eigenvalue weighted by atomic mass is 16.3. The minimum atomic E-state index is -0.378. The summed E-state index contributed by atoms with van der Waals surface area (Å²) >= 11 is 0. The Bertz CT molecular complexity index is 345. The first-order valence-electron chi connectivity index (χ1n) is 6.71. The van der Waals surface area contributed by atoms with E-state index in [2.05, 4.69) is 24.4 Å². The van der Waals surface area contributed by atoms with Crippen LogP contribution in [0, 0.1) is 12.8 Å². The molecule has 1 atom stereocenters. The molecule has 2 N–H and O–H groups in total. The molecule has 0 amide bonds. The number of benzene rings is 1. The van der Waals surface area contributed by atoms with E-state index in [1.165, 1.54) is 31.2 Å². The number of rotatable bonds is 5. The van der Waals surface area contributed by atoms with E-state index in [4.69, 9.17) is 0 Å². The van der Waals surface area contributed by atoms with E-state index in [0.29, 0.717) is 6.54 Å². The largest absolute Gasteiger partial charge is 0.387 e. The van der Waals surface area contributed by atoms with Crippen molar-refractivity contribution in [3.63, 3.8) is 0 Å². The van der Waals surface area contributed by atoms with Gasteiger partial charge in [-0.1, -0.05) is 42.7 Å². The van der Waals surface area contributed by atoms with Gasteiger partial charge >= 0.3 is 0 Å². The molecule has 1 fully saturated rings. The van der Waals surface area contributed by atoms with Crippen LogP contribution in [0.5, 0.6) is 0 Å². The molecule has 94 valence electrons. The Kier molecular flexibility index (Phi) is 4.57. The highest BCUT2D eigenvalue weighted by Gasteiger charge is 2.15. The minimum absolute atomic E-state index is 0.378. The summed E-state index contributed by atoms with van der Waals surface area (Å²) in [7, 11) is 0. The zero-order valence-corrected chi connectivity index (χ0v) is 10.7. The van der Waals surface area contributed by atoms with Crippen molar-refractivity contribution in [2.45, 2.75) is 38.7 Å². The van der Waals surface area contributed by atoms with Crippen LogP contribution < -0.4 is 5.32 Å². The first-order valence-corrected chi connectivity index (χ1v) is 6.71. The fraction of sp³-hybridized carbons (Fsp3) is 0.600. The number of aliphatic hydroxyl groups excluding tert-OH is 1. The fourth-order valence-corrected chi connectivity index (χ4v) is 2.63. The summed E-state index contributed by atoms with van der Waals surface area (Å²) in [4.78, 5) is 0. The van der Waals surface area contributed by atoms with Crippen LogP contribution in [-0.2, 0) is 0 Å². The second-order valence-electron chi connectivity index (χ2n) is 5.24. The van der Waals surface area contributed by atoms with Crippen LogP contribution in [0.1, 0.15) is 42.9 Å². The topological polar surface area (TPSA) is 32.3 Å². The molecular formula is C15H23NO. The molecule has 2 nitrogen and oxygen atoms in total. The van der Waals surface area contributed by atoms with Gasteiger partial charge < -0.3 is 10.4 Å². The Labute approximate surface area is 104 Å². The van der Waals surface area contributed by atoms with Crippen molar-refractivity contribution in [3.05, 3.63) is 35.4 Å². The molecule has 0 saturated heterocycles. The van der Waals surface area contributed by atoms with Gasteiger partial charge in [0.1, 0.15) is 0 Å². The standard InChI is InChI=1S/C15H23NO/c1-12-5-4-8-14(9-12)15(17)11-16-10-13-6-2-3-7-13/h4-5,8-9,13,15-17H,2-3,6-7,10-11H2,1H3. The third kappa shape index (κ3) is 3.83. The lowest BCUT2D eigenvalue weighted by atomic mass is 10.1. The average molecular weight is 233 g/mol. The molecule has 1 aromatic rings. The van der Waals surface area contributed by atoms with Gasteiger partial charge in [0.25, 0.3) is 0 Å². The summed E-state index contributed by atoms with van der Waals surface area (Å²) in [5.74, 6) is 0.833. The Hall–Kier alpha value is -0.860. The van der Waals surface area contributed by atoms with Crippen LogP contribution in [0.25, 0.3) is 0 Å². The predicted octanol–water partition coefficient (Wildman–Crippen LogP) is 2.81. The third-order valence-corrected chi connectivity index (χ3v) is 3.67. The van der Waals surface area contributed by atoms with E-state index in [1.54, 1.807) is 0 Å². The Balaban J connectivity index is 1.74. The summed E-state index contributed by atoms with van der Waals surface area (Å²) in [6, 6.07) is 8.11.